The summed E-state index contributed by atoms with van der Waals surface area (Å²) in [5.74, 6) is -1.45. The number of alkyl halides is 3. The molecule has 0 saturated carbocycles. The molecule has 9 nitrogen and oxygen atoms in total. The van der Waals surface area contributed by atoms with Crippen LogP contribution in [0.4, 0.5) is 18.9 Å². The van der Waals surface area contributed by atoms with Crippen LogP contribution in [0, 0.1) is 0 Å². The number of aliphatic carboxylic acids is 1. The molecule has 2 N–H and O–H groups in total. The zero-order valence-corrected chi connectivity index (χ0v) is 25.0. The van der Waals surface area contributed by atoms with Crippen molar-refractivity contribution in [3.8, 4) is 11.1 Å². The Morgan fingerprint density at radius 2 is 1.73 bits per heavy atom. The molecule has 2 aliphatic heterocycles. The minimum atomic E-state index is -4.75. The normalized spacial score (nSPS) is 18.9. The van der Waals surface area contributed by atoms with Crippen LogP contribution >= 0.6 is 0 Å². The highest BCUT2D eigenvalue weighted by Gasteiger charge is 2.43. The third-order valence-corrected chi connectivity index (χ3v) is 10.3. The number of rotatable bonds is 6. The Bertz CT molecular complexity index is 1960. The van der Waals surface area contributed by atoms with Crippen molar-refractivity contribution in [3.05, 3.63) is 93.8 Å². The van der Waals surface area contributed by atoms with Crippen molar-refractivity contribution < 1.29 is 36.2 Å². The van der Waals surface area contributed by atoms with Crippen LogP contribution in [0.5, 0.6) is 0 Å². The summed E-state index contributed by atoms with van der Waals surface area (Å²) in [4.78, 5) is 26.9. The molecule has 1 aromatic heterocycles. The molecule has 2 aliphatic rings. The molecule has 45 heavy (non-hydrogen) atoms. The second-order valence-corrected chi connectivity index (χ2v) is 13.2. The number of hydrogen-bond acceptors (Lipinski definition) is 6. The van der Waals surface area contributed by atoms with Crippen molar-refractivity contribution in [3.63, 3.8) is 0 Å². The molecule has 1 fully saturated rings. The summed E-state index contributed by atoms with van der Waals surface area (Å²) < 4.78 is 77.1. The lowest BCUT2D eigenvalue weighted by atomic mass is 9.91. The number of likely N-dealkylation sites (N-methyl/N-ethyl adjacent to an activating group) is 1. The molecule has 1 saturated heterocycles. The number of anilines is 1. The van der Waals surface area contributed by atoms with E-state index in [1.165, 1.54) is 19.2 Å². The van der Waals surface area contributed by atoms with Gasteiger partial charge in [0.15, 0.2) is 5.03 Å². The maximum Gasteiger partial charge on any atom is 0.416 e. The monoisotopic (exact) mass is 641 g/mol. The van der Waals surface area contributed by atoms with Gasteiger partial charge in [0.1, 0.15) is 11.7 Å². The highest BCUT2D eigenvalue weighted by atomic mass is 32.2. The Balaban J connectivity index is 1.75. The van der Waals surface area contributed by atoms with Crippen LogP contribution in [-0.4, -0.2) is 61.2 Å². The second kappa shape index (κ2) is 11.6. The van der Waals surface area contributed by atoms with E-state index >= 15 is 0 Å². The number of benzene rings is 3. The summed E-state index contributed by atoms with van der Waals surface area (Å²) >= 11 is 0. The number of ether oxygens (including phenoxy) is 1. The number of sulfonamides is 1. The zero-order chi connectivity index (χ0) is 32.1. The van der Waals surface area contributed by atoms with Crippen LogP contribution in [0.3, 0.4) is 0 Å². The third-order valence-electron chi connectivity index (χ3n) is 8.45. The quantitative estimate of drug-likeness (QED) is 0.300. The predicted octanol–water partition coefficient (Wildman–Crippen LogP) is 5.13. The number of pyridine rings is 1. The molecule has 4 aromatic rings. The standard InChI is InChI=1S/C32H30F3N3O6S/c1-37-18-26(31(40)41)38-29(39)28(36-23-12-14-44-15-13-23)25(17-20-8-4-7-19-6-2-3-11-24(19)20)27(30(38)45(37,42)43)21-9-5-10-22(16-21)32(33,34)35/h2-11,16,23,26,36H,12-15,17-18H2,1H3,(H,40,41). The largest absolute Gasteiger partial charge is 0.480 e. The van der Waals surface area contributed by atoms with Crippen LogP contribution in [-0.2, 0) is 32.2 Å². The number of nitrogens with zero attached hydrogens (tertiary/aromatic N) is 2. The average Bonchev–Trinajstić information content (AvgIpc) is 3.01. The SMILES string of the molecule is CN1CC(C(=O)O)n2c(c(-c3cccc(C(F)(F)F)c3)c(Cc3cccc4ccccc34)c(NC3CCOCC3)c2=O)S1(=O)=O. The molecule has 236 valence electrons. The summed E-state index contributed by atoms with van der Waals surface area (Å²) in [7, 11) is -3.35. The van der Waals surface area contributed by atoms with Crippen LogP contribution in [0.25, 0.3) is 21.9 Å². The molecule has 3 heterocycles. The van der Waals surface area contributed by atoms with Crippen LogP contribution in [0.1, 0.15) is 35.6 Å². The number of aromatic nitrogens is 1. The number of carboxylic acid groups (broad SMARTS) is 1. The number of carboxylic acids is 1. The second-order valence-electron chi connectivity index (χ2n) is 11.3. The molecule has 1 atom stereocenters. The highest BCUT2D eigenvalue weighted by Crippen LogP contribution is 2.42. The summed E-state index contributed by atoms with van der Waals surface area (Å²) in [6.07, 6.45) is -3.76. The van der Waals surface area contributed by atoms with E-state index in [0.717, 1.165) is 31.8 Å². The van der Waals surface area contributed by atoms with Gasteiger partial charge in [-0.3, -0.25) is 9.36 Å². The fraction of sp³-hybridized carbons (Fsp3) is 0.312. The van der Waals surface area contributed by atoms with E-state index in [2.05, 4.69) is 5.32 Å². The van der Waals surface area contributed by atoms with Gasteiger partial charge >= 0.3 is 12.1 Å². The van der Waals surface area contributed by atoms with Crippen molar-refractivity contribution in [2.24, 2.45) is 0 Å². The number of nitrogens with one attached hydrogen (secondary N) is 1. The molecule has 3 aromatic carbocycles. The molecule has 13 heteroatoms. The predicted molar refractivity (Wildman–Crippen MR) is 162 cm³/mol. The van der Waals surface area contributed by atoms with Gasteiger partial charge in [0.2, 0.25) is 0 Å². The zero-order valence-electron chi connectivity index (χ0n) is 24.2. The van der Waals surface area contributed by atoms with E-state index in [-0.39, 0.29) is 34.8 Å². The topological polar surface area (TPSA) is 118 Å². The summed E-state index contributed by atoms with van der Waals surface area (Å²) in [6.45, 7) is 0.270. The summed E-state index contributed by atoms with van der Waals surface area (Å²) in [6, 6.07) is 15.3. The molecule has 1 unspecified atom stereocenters. The molecule has 0 spiro atoms. The van der Waals surface area contributed by atoms with Gasteiger partial charge in [0.05, 0.1) is 5.56 Å². The van der Waals surface area contributed by atoms with Crippen molar-refractivity contribution in [1.29, 1.82) is 0 Å². The maximum atomic E-state index is 14.4. The maximum absolute atomic E-state index is 14.4. The first-order valence-corrected chi connectivity index (χ1v) is 15.8. The Hall–Kier alpha value is -4.20. The Morgan fingerprint density at radius 1 is 1.04 bits per heavy atom. The summed E-state index contributed by atoms with van der Waals surface area (Å²) in [5.41, 5.74) is -1.32. The first-order chi connectivity index (χ1) is 21.4. The Kier molecular flexibility index (Phi) is 7.96. The molecule has 0 bridgehead atoms. The lowest BCUT2D eigenvalue weighted by Crippen LogP contribution is -2.49. The van der Waals surface area contributed by atoms with Gasteiger partial charge in [-0.05, 0) is 52.4 Å². The van der Waals surface area contributed by atoms with Crippen LogP contribution in [0.15, 0.2) is 76.6 Å². The van der Waals surface area contributed by atoms with Crippen molar-refractivity contribution in [2.45, 2.75) is 42.5 Å². The first kappa shape index (κ1) is 30.8. The van der Waals surface area contributed by atoms with Gasteiger partial charge in [0.25, 0.3) is 15.6 Å². The van der Waals surface area contributed by atoms with Gasteiger partial charge in [-0.15, -0.1) is 0 Å². The van der Waals surface area contributed by atoms with Gasteiger partial charge in [-0.2, -0.15) is 17.5 Å². The van der Waals surface area contributed by atoms with Gasteiger partial charge < -0.3 is 15.2 Å². The van der Waals surface area contributed by atoms with Crippen LogP contribution in [0.2, 0.25) is 0 Å². The fourth-order valence-corrected chi connectivity index (χ4v) is 7.76. The molecule has 0 aliphatic carbocycles. The number of hydrogen-bond donors (Lipinski definition) is 2. The van der Waals surface area contributed by atoms with Gasteiger partial charge in [-0.1, -0.05) is 54.6 Å². The third kappa shape index (κ3) is 5.60. The van der Waals surface area contributed by atoms with E-state index < -0.39 is 50.9 Å². The smallest absolute Gasteiger partial charge is 0.416 e. The summed E-state index contributed by atoms with van der Waals surface area (Å²) in [5, 5.41) is 14.5. The van der Waals surface area contributed by atoms with Crippen LogP contribution < -0.4 is 10.9 Å². The minimum Gasteiger partial charge on any atom is -0.480 e. The van der Waals surface area contributed by atoms with Crippen molar-refractivity contribution in [2.75, 3.05) is 32.1 Å². The number of fused-ring (bicyclic) bond motifs is 2. The lowest BCUT2D eigenvalue weighted by Gasteiger charge is -2.35. The molecule has 0 radical (unpaired) electrons. The number of halogens is 3. The van der Waals surface area contributed by atoms with Gasteiger partial charge in [0, 0.05) is 44.8 Å². The number of carbonyl (C=O) groups is 1. The minimum absolute atomic E-state index is 0.0292. The first-order valence-electron chi connectivity index (χ1n) is 14.4. The Labute approximate surface area is 256 Å². The Morgan fingerprint density at radius 3 is 2.44 bits per heavy atom. The van der Waals surface area contributed by atoms with Gasteiger partial charge in [-0.25, -0.2) is 13.2 Å². The molecule has 6 rings (SSSR count). The average molecular weight is 642 g/mol. The molecular weight excluding hydrogens is 611 g/mol. The molecule has 0 amide bonds. The lowest BCUT2D eigenvalue weighted by molar-refractivity contribution is -0.141. The van der Waals surface area contributed by atoms with Crippen molar-refractivity contribution >= 4 is 32.5 Å². The van der Waals surface area contributed by atoms with E-state index in [1.54, 1.807) is 0 Å². The van der Waals surface area contributed by atoms with E-state index in [9.17, 15) is 36.3 Å². The van der Waals surface area contributed by atoms with E-state index in [4.69, 9.17) is 4.74 Å². The fourth-order valence-electron chi connectivity index (χ4n) is 6.17. The van der Waals surface area contributed by atoms with E-state index in [1.807, 2.05) is 42.5 Å². The molecular formula is C32H30F3N3O6S. The van der Waals surface area contributed by atoms with E-state index in [0.29, 0.717) is 31.6 Å². The highest BCUT2D eigenvalue weighted by molar-refractivity contribution is 7.89. The van der Waals surface area contributed by atoms with Crippen molar-refractivity contribution in [1.82, 2.24) is 8.87 Å².